The molecule has 4 aromatic rings. The highest BCUT2D eigenvalue weighted by Crippen LogP contribution is 2.28. The van der Waals surface area contributed by atoms with Crippen LogP contribution in [0.5, 0.6) is 0 Å². The van der Waals surface area contributed by atoms with Gasteiger partial charge in [-0.1, -0.05) is 47.5 Å². The van der Waals surface area contributed by atoms with Crippen LogP contribution in [0.2, 0.25) is 10.0 Å². The van der Waals surface area contributed by atoms with Gasteiger partial charge in [-0.3, -0.25) is 4.79 Å². The van der Waals surface area contributed by atoms with Crippen molar-refractivity contribution in [3.05, 3.63) is 75.5 Å². The lowest BCUT2D eigenvalue weighted by Crippen LogP contribution is -2.37. The Morgan fingerprint density at radius 1 is 1.12 bits per heavy atom. The van der Waals surface area contributed by atoms with Gasteiger partial charge in [0, 0.05) is 22.0 Å². The molecule has 0 aliphatic rings. The third-order valence-corrected chi connectivity index (χ3v) is 6.28. The predicted octanol–water partition coefficient (Wildman–Crippen LogP) is 6.15. The van der Waals surface area contributed by atoms with Crippen molar-refractivity contribution in [1.29, 1.82) is 0 Å². The molecule has 0 atom stereocenters. The van der Waals surface area contributed by atoms with Crippen molar-refractivity contribution in [2.45, 2.75) is 32.9 Å². The number of hydrogen-bond donors (Lipinski definition) is 0. The molecule has 1 amide bonds. The van der Waals surface area contributed by atoms with E-state index in [1.807, 2.05) is 61.7 Å². The number of carbonyl (C=O) groups excluding carboxylic acids is 1. The van der Waals surface area contributed by atoms with E-state index < -0.39 is 0 Å². The quantitative estimate of drug-likeness (QED) is 0.313. The fraction of sp³-hybridized carbons (Fsp3) is 0.217. The van der Waals surface area contributed by atoms with Crippen molar-refractivity contribution in [1.82, 2.24) is 20.1 Å². The minimum atomic E-state index is -0.0690. The lowest BCUT2D eigenvalue weighted by Gasteiger charge is -2.24. The first-order valence-corrected chi connectivity index (χ1v) is 11.6. The Kier molecular flexibility index (Phi) is 6.89. The summed E-state index contributed by atoms with van der Waals surface area (Å²) in [4.78, 5) is 19.4. The highest BCUT2D eigenvalue weighted by Gasteiger charge is 2.22. The zero-order valence-corrected chi connectivity index (χ0v) is 19.8. The van der Waals surface area contributed by atoms with Crippen LogP contribution < -0.4 is 0 Å². The molecule has 0 spiro atoms. The summed E-state index contributed by atoms with van der Waals surface area (Å²) >= 11 is 13.8. The van der Waals surface area contributed by atoms with E-state index in [9.17, 15) is 4.79 Å². The zero-order valence-electron chi connectivity index (χ0n) is 17.5. The second-order valence-corrected chi connectivity index (χ2v) is 9.13. The van der Waals surface area contributed by atoms with Gasteiger partial charge in [0.2, 0.25) is 17.7 Å². The van der Waals surface area contributed by atoms with Gasteiger partial charge in [-0.25, -0.2) is 4.98 Å². The van der Waals surface area contributed by atoms with Crippen molar-refractivity contribution >= 4 is 40.4 Å². The van der Waals surface area contributed by atoms with Crippen molar-refractivity contribution in [3.8, 4) is 22.0 Å². The highest BCUT2D eigenvalue weighted by atomic mass is 35.5. The minimum absolute atomic E-state index is 0.0517. The van der Waals surface area contributed by atoms with E-state index >= 15 is 0 Å². The summed E-state index contributed by atoms with van der Waals surface area (Å²) in [6.45, 7) is 4.10. The average Bonchev–Trinajstić information content (AvgIpc) is 3.42. The molecule has 32 heavy (non-hydrogen) atoms. The monoisotopic (exact) mass is 486 g/mol. The second kappa shape index (κ2) is 9.81. The Morgan fingerprint density at radius 2 is 1.94 bits per heavy atom. The Morgan fingerprint density at radius 3 is 2.69 bits per heavy atom. The Bertz CT molecular complexity index is 1240. The summed E-state index contributed by atoms with van der Waals surface area (Å²) in [6.07, 6.45) is 0.181. The molecule has 0 bridgehead atoms. The molecular formula is C23H20Cl2N4O2S. The predicted molar refractivity (Wildman–Crippen MR) is 127 cm³/mol. The molecule has 0 aliphatic heterocycles. The van der Waals surface area contributed by atoms with Crippen molar-refractivity contribution in [2.24, 2.45) is 0 Å². The van der Waals surface area contributed by atoms with Crippen molar-refractivity contribution in [2.75, 3.05) is 0 Å². The van der Waals surface area contributed by atoms with Crippen LogP contribution in [0.4, 0.5) is 0 Å². The molecule has 0 aliphatic carbocycles. The molecule has 0 fully saturated rings. The molecule has 0 saturated heterocycles. The van der Waals surface area contributed by atoms with E-state index in [0.717, 1.165) is 10.6 Å². The third-order valence-electron chi connectivity index (χ3n) is 4.78. The van der Waals surface area contributed by atoms with Crippen LogP contribution in [0.1, 0.15) is 25.4 Å². The number of carbonyl (C=O) groups is 1. The van der Waals surface area contributed by atoms with E-state index in [-0.39, 0.29) is 24.9 Å². The molecule has 2 aromatic heterocycles. The van der Waals surface area contributed by atoms with E-state index in [1.54, 1.807) is 11.0 Å². The van der Waals surface area contributed by atoms with Crippen LogP contribution in [-0.4, -0.2) is 32.0 Å². The SMILES string of the molecule is CC(C)N(Cc1nnc(-c2ccccc2Cl)o1)C(=O)Cc1csc(-c2cccc(Cl)c2)n1. The molecule has 4 rings (SSSR count). The Labute approximate surface area is 199 Å². The smallest absolute Gasteiger partial charge is 0.249 e. The maximum atomic E-state index is 13.0. The fourth-order valence-corrected chi connectivity index (χ4v) is 4.39. The van der Waals surface area contributed by atoms with E-state index in [1.165, 1.54) is 11.3 Å². The number of thiazole rings is 1. The van der Waals surface area contributed by atoms with Crippen LogP contribution in [-0.2, 0) is 17.8 Å². The summed E-state index contributed by atoms with van der Waals surface area (Å²) in [7, 11) is 0. The molecule has 6 nitrogen and oxygen atoms in total. The number of hydrogen-bond acceptors (Lipinski definition) is 6. The van der Waals surface area contributed by atoms with Gasteiger partial charge in [0.1, 0.15) is 5.01 Å². The summed E-state index contributed by atoms with van der Waals surface area (Å²) in [5.41, 5.74) is 2.30. The van der Waals surface area contributed by atoms with Crippen LogP contribution in [0.3, 0.4) is 0 Å². The number of aromatic nitrogens is 3. The molecule has 9 heteroatoms. The molecular weight excluding hydrogens is 467 g/mol. The third kappa shape index (κ3) is 5.18. The van der Waals surface area contributed by atoms with Gasteiger partial charge in [-0.15, -0.1) is 21.5 Å². The van der Waals surface area contributed by atoms with Gasteiger partial charge < -0.3 is 9.32 Å². The van der Waals surface area contributed by atoms with Gasteiger partial charge in [-0.05, 0) is 38.1 Å². The first kappa shape index (κ1) is 22.5. The van der Waals surface area contributed by atoms with E-state index in [2.05, 4.69) is 15.2 Å². The maximum absolute atomic E-state index is 13.0. The van der Waals surface area contributed by atoms with Crippen LogP contribution in [0, 0.1) is 0 Å². The highest BCUT2D eigenvalue weighted by molar-refractivity contribution is 7.13. The van der Waals surface area contributed by atoms with Crippen LogP contribution in [0.15, 0.2) is 58.3 Å². The van der Waals surface area contributed by atoms with E-state index in [0.29, 0.717) is 33.1 Å². The first-order valence-electron chi connectivity index (χ1n) is 9.98. The lowest BCUT2D eigenvalue weighted by atomic mass is 10.2. The minimum Gasteiger partial charge on any atom is -0.419 e. The molecule has 164 valence electrons. The summed E-state index contributed by atoms with van der Waals surface area (Å²) in [5, 5.41) is 12.1. The van der Waals surface area contributed by atoms with E-state index in [4.69, 9.17) is 27.6 Å². The number of nitrogens with zero attached hydrogens (tertiary/aromatic N) is 4. The molecule has 2 aromatic carbocycles. The van der Waals surface area contributed by atoms with Gasteiger partial charge >= 0.3 is 0 Å². The second-order valence-electron chi connectivity index (χ2n) is 7.43. The summed E-state index contributed by atoms with van der Waals surface area (Å²) < 4.78 is 5.78. The summed E-state index contributed by atoms with van der Waals surface area (Å²) in [6, 6.07) is 14.7. The standard InChI is InChI=1S/C23H20Cl2N4O2S/c1-14(2)29(12-20-27-28-22(31-20)18-8-3-4-9-19(18)25)21(30)11-17-13-32-23(26-17)15-6-5-7-16(24)10-15/h3-10,13-14H,11-12H2,1-2H3. The maximum Gasteiger partial charge on any atom is 0.249 e. The average molecular weight is 487 g/mol. The van der Waals surface area contributed by atoms with Crippen LogP contribution in [0.25, 0.3) is 22.0 Å². The topological polar surface area (TPSA) is 72.1 Å². The Hall–Kier alpha value is -2.74. The van der Waals surface area contributed by atoms with Crippen molar-refractivity contribution < 1.29 is 9.21 Å². The zero-order chi connectivity index (χ0) is 22.7. The molecule has 2 heterocycles. The molecule has 0 N–H and O–H groups in total. The first-order chi connectivity index (χ1) is 15.4. The number of rotatable bonds is 7. The van der Waals surface area contributed by atoms with Gasteiger partial charge in [0.25, 0.3) is 0 Å². The fourth-order valence-electron chi connectivity index (χ4n) is 3.16. The van der Waals surface area contributed by atoms with Crippen molar-refractivity contribution in [3.63, 3.8) is 0 Å². The number of amides is 1. The largest absolute Gasteiger partial charge is 0.419 e. The van der Waals surface area contributed by atoms with Gasteiger partial charge in [0.15, 0.2) is 0 Å². The molecule has 0 radical (unpaired) electrons. The summed E-state index contributed by atoms with van der Waals surface area (Å²) in [5.74, 6) is 0.604. The molecule has 0 unspecified atom stereocenters. The van der Waals surface area contributed by atoms with Crippen LogP contribution >= 0.6 is 34.5 Å². The Balaban J connectivity index is 1.47. The molecule has 0 saturated carbocycles. The van der Waals surface area contributed by atoms with Gasteiger partial charge in [0.05, 0.1) is 29.2 Å². The van der Waals surface area contributed by atoms with Gasteiger partial charge in [-0.2, -0.15) is 0 Å². The number of halogens is 2. The number of benzene rings is 2. The lowest BCUT2D eigenvalue weighted by molar-refractivity contribution is -0.133. The normalized spacial score (nSPS) is 11.2.